The van der Waals surface area contributed by atoms with E-state index in [9.17, 15) is 18.0 Å². The Hall–Kier alpha value is -2.22. The van der Waals surface area contributed by atoms with Gasteiger partial charge < -0.3 is 18.9 Å². The van der Waals surface area contributed by atoms with Crippen molar-refractivity contribution in [3.8, 4) is 5.75 Å². The molecule has 0 N–H and O–H groups in total. The number of hydrogen-bond acceptors (Lipinski definition) is 4. The van der Waals surface area contributed by atoms with Gasteiger partial charge in [0.05, 0.1) is 20.6 Å². The van der Waals surface area contributed by atoms with Crippen molar-refractivity contribution in [1.82, 2.24) is 9.47 Å². The van der Waals surface area contributed by atoms with E-state index in [1.807, 2.05) is 19.0 Å². The highest BCUT2D eigenvalue weighted by Gasteiger charge is 2.39. The highest BCUT2D eigenvalue weighted by Crippen LogP contribution is 2.44. The fourth-order valence-electron chi connectivity index (χ4n) is 3.01. The van der Waals surface area contributed by atoms with Crippen LogP contribution in [0.2, 0.25) is 0 Å². The van der Waals surface area contributed by atoms with E-state index in [1.54, 1.807) is 17.7 Å². The van der Waals surface area contributed by atoms with Crippen LogP contribution in [0.25, 0.3) is 10.9 Å². The van der Waals surface area contributed by atoms with Gasteiger partial charge in [-0.15, -0.1) is 0 Å². The summed E-state index contributed by atoms with van der Waals surface area (Å²) in [5.74, 6) is -0.864. The predicted octanol–water partition coefficient (Wildman–Crippen LogP) is 2.98. The molecule has 0 unspecified atom stereocenters. The molecular weight excluding hydrogens is 337 g/mol. The van der Waals surface area contributed by atoms with Gasteiger partial charge in [-0.25, -0.2) is 0 Å². The van der Waals surface area contributed by atoms with Crippen molar-refractivity contribution in [2.24, 2.45) is 7.05 Å². The van der Waals surface area contributed by atoms with Crippen LogP contribution in [-0.2, 0) is 35.7 Å². The summed E-state index contributed by atoms with van der Waals surface area (Å²) >= 11 is 0. The van der Waals surface area contributed by atoms with E-state index in [-0.39, 0.29) is 17.6 Å². The maximum absolute atomic E-state index is 13.8. The van der Waals surface area contributed by atoms with Crippen LogP contribution in [0, 0.1) is 0 Å². The van der Waals surface area contributed by atoms with E-state index in [1.165, 1.54) is 20.3 Å². The van der Waals surface area contributed by atoms with Crippen molar-refractivity contribution in [2.75, 3.05) is 28.3 Å². The molecular formula is C17H21F3N2O3. The Labute approximate surface area is 143 Å². The number of rotatable bonds is 5. The number of carbonyl (C=O) groups excluding carboxylic acids is 1. The number of ether oxygens (including phenoxy) is 2. The number of aromatic nitrogens is 1. The van der Waals surface area contributed by atoms with Gasteiger partial charge >= 0.3 is 12.1 Å². The zero-order chi connectivity index (χ0) is 18.9. The molecule has 1 aromatic heterocycles. The Bertz CT molecular complexity index is 795. The van der Waals surface area contributed by atoms with Crippen molar-refractivity contribution in [3.63, 3.8) is 0 Å². The molecule has 0 atom stereocenters. The van der Waals surface area contributed by atoms with Gasteiger partial charge in [0.1, 0.15) is 11.3 Å². The highest BCUT2D eigenvalue weighted by molar-refractivity contribution is 5.94. The van der Waals surface area contributed by atoms with Gasteiger partial charge in [0.25, 0.3) is 0 Å². The number of fused-ring (bicyclic) bond motifs is 1. The number of alkyl halides is 3. The number of nitrogens with zero attached hydrogens (tertiary/aromatic N) is 2. The predicted molar refractivity (Wildman–Crippen MR) is 87.6 cm³/mol. The summed E-state index contributed by atoms with van der Waals surface area (Å²) in [7, 11) is 7.72. The number of hydrogen-bond donors (Lipinski definition) is 0. The lowest BCUT2D eigenvalue weighted by molar-refractivity contribution is -0.140. The van der Waals surface area contributed by atoms with Crippen LogP contribution < -0.4 is 4.74 Å². The standard InChI is InChI=1S/C17H21F3N2O3/c1-21(2)9-12-10(8-14(23)25-5)15-11(22(12)3)6-7-13(24-4)16(15)17(18,19)20/h6-7H,8-9H2,1-5H3. The van der Waals surface area contributed by atoms with Crippen molar-refractivity contribution < 1.29 is 27.4 Å². The van der Waals surface area contributed by atoms with Crippen LogP contribution >= 0.6 is 0 Å². The van der Waals surface area contributed by atoms with Crippen molar-refractivity contribution in [3.05, 3.63) is 29.0 Å². The number of carbonyl (C=O) groups is 1. The van der Waals surface area contributed by atoms with Crippen LogP contribution in [0.4, 0.5) is 13.2 Å². The summed E-state index contributed by atoms with van der Waals surface area (Å²) in [6.45, 7) is 0.386. The molecule has 8 heteroatoms. The Balaban J connectivity index is 2.92. The molecule has 0 radical (unpaired) electrons. The average Bonchev–Trinajstić information content (AvgIpc) is 2.77. The molecule has 2 aromatic rings. The Morgan fingerprint density at radius 2 is 1.88 bits per heavy atom. The zero-order valence-corrected chi connectivity index (χ0v) is 14.8. The normalized spacial score (nSPS) is 12.0. The minimum atomic E-state index is -4.62. The number of methoxy groups -OCH3 is 2. The molecule has 0 spiro atoms. The molecule has 0 bridgehead atoms. The summed E-state index contributed by atoms with van der Waals surface area (Å²) in [6.07, 6.45) is -4.86. The summed E-state index contributed by atoms with van der Waals surface area (Å²) in [6, 6.07) is 2.87. The van der Waals surface area contributed by atoms with Gasteiger partial charge in [-0.1, -0.05) is 0 Å². The summed E-state index contributed by atoms with van der Waals surface area (Å²) in [4.78, 5) is 13.7. The fraction of sp³-hybridized carbons (Fsp3) is 0.471. The minimum absolute atomic E-state index is 0.0170. The molecule has 0 aliphatic rings. The van der Waals surface area contributed by atoms with Crippen LogP contribution in [-0.4, -0.2) is 43.8 Å². The van der Waals surface area contributed by atoms with E-state index in [4.69, 9.17) is 4.74 Å². The average molecular weight is 358 g/mol. The number of esters is 1. The first kappa shape index (κ1) is 19.1. The summed E-state index contributed by atoms with van der Waals surface area (Å²) in [5.41, 5.74) is 0.462. The van der Waals surface area contributed by atoms with Crippen molar-refractivity contribution in [1.29, 1.82) is 0 Å². The van der Waals surface area contributed by atoms with Gasteiger partial charge in [-0.2, -0.15) is 13.2 Å². The van der Waals surface area contributed by atoms with E-state index in [0.29, 0.717) is 23.3 Å². The Kier molecular flexibility index (Phi) is 5.31. The van der Waals surface area contributed by atoms with E-state index >= 15 is 0 Å². The van der Waals surface area contributed by atoms with E-state index in [0.717, 1.165) is 0 Å². The van der Waals surface area contributed by atoms with Gasteiger partial charge in [-0.3, -0.25) is 4.79 Å². The maximum atomic E-state index is 13.8. The second kappa shape index (κ2) is 6.95. The molecule has 1 heterocycles. The lowest BCUT2D eigenvalue weighted by Crippen LogP contribution is -2.16. The number of halogens is 3. The molecule has 1 aromatic carbocycles. The number of aryl methyl sites for hydroxylation is 1. The smallest absolute Gasteiger partial charge is 0.420 e. The van der Waals surface area contributed by atoms with Crippen LogP contribution in [0.5, 0.6) is 5.75 Å². The van der Waals surface area contributed by atoms with Gasteiger partial charge in [-0.05, 0) is 31.8 Å². The van der Waals surface area contributed by atoms with Crippen LogP contribution in [0.15, 0.2) is 12.1 Å². The summed E-state index contributed by atoms with van der Waals surface area (Å²) < 4.78 is 52.6. The minimum Gasteiger partial charge on any atom is -0.496 e. The van der Waals surface area contributed by atoms with Gasteiger partial charge in [0, 0.05) is 30.2 Å². The first-order valence-electron chi connectivity index (χ1n) is 7.57. The quantitative estimate of drug-likeness (QED) is 0.771. The first-order chi connectivity index (χ1) is 11.6. The third-order valence-electron chi connectivity index (χ3n) is 4.08. The first-order valence-corrected chi connectivity index (χ1v) is 7.57. The van der Waals surface area contributed by atoms with Crippen LogP contribution in [0.1, 0.15) is 16.8 Å². The lowest BCUT2D eigenvalue weighted by atomic mass is 10.0. The van der Waals surface area contributed by atoms with Gasteiger partial charge in [0.2, 0.25) is 0 Å². The third kappa shape index (κ3) is 3.58. The van der Waals surface area contributed by atoms with Crippen molar-refractivity contribution in [2.45, 2.75) is 19.1 Å². The SMILES string of the molecule is COC(=O)Cc1c(CN(C)C)n(C)c2ccc(OC)c(C(F)(F)F)c12. The summed E-state index contributed by atoms with van der Waals surface area (Å²) in [5, 5.41) is -0.0170. The van der Waals surface area contributed by atoms with Crippen molar-refractivity contribution >= 4 is 16.9 Å². The molecule has 0 aliphatic heterocycles. The molecule has 0 saturated heterocycles. The second-order valence-electron chi connectivity index (χ2n) is 6.01. The molecule has 138 valence electrons. The van der Waals surface area contributed by atoms with Gasteiger partial charge in [0.15, 0.2) is 0 Å². The second-order valence-corrected chi connectivity index (χ2v) is 6.01. The highest BCUT2D eigenvalue weighted by atomic mass is 19.4. The lowest BCUT2D eigenvalue weighted by Gasteiger charge is -2.15. The molecule has 0 amide bonds. The Morgan fingerprint density at radius 1 is 1.24 bits per heavy atom. The molecule has 2 rings (SSSR count). The topological polar surface area (TPSA) is 43.7 Å². The van der Waals surface area contributed by atoms with E-state index in [2.05, 4.69) is 4.74 Å². The fourth-order valence-corrected chi connectivity index (χ4v) is 3.01. The zero-order valence-electron chi connectivity index (χ0n) is 14.8. The third-order valence-corrected chi connectivity index (χ3v) is 4.08. The molecule has 5 nitrogen and oxygen atoms in total. The number of benzene rings is 1. The maximum Gasteiger partial charge on any atom is 0.420 e. The Morgan fingerprint density at radius 3 is 2.36 bits per heavy atom. The molecule has 0 aliphatic carbocycles. The monoisotopic (exact) mass is 358 g/mol. The molecule has 0 fully saturated rings. The van der Waals surface area contributed by atoms with Crippen LogP contribution in [0.3, 0.4) is 0 Å². The van der Waals surface area contributed by atoms with E-state index < -0.39 is 17.7 Å². The molecule has 0 saturated carbocycles. The molecule has 25 heavy (non-hydrogen) atoms. The largest absolute Gasteiger partial charge is 0.496 e.